The van der Waals surface area contributed by atoms with Gasteiger partial charge in [-0.3, -0.25) is 4.79 Å². The number of carboxylic acid groups (broad SMARTS) is 1. The highest BCUT2D eigenvalue weighted by molar-refractivity contribution is 5.76. The van der Waals surface area contributed by atoms with Crippen LogP contribution >= 0.6 is 0 Å². The molecule has 0 aliphatic rings. The summed E-state index contributed by atoms with van der Waals surface area (Å²) < 4.78 is 0. The van der Waals surface area contributed by atoms with Crippen LogP contribution in [0.15, 0.2) is 30.3 Å². The second kappa shape index (κ2) is 5.48. The maximum atomic E-state index is 11.0. The number of aliphatic hydroxyl groups excluding tert-OH is 2. The van der Waals surface area contributed by atoms with Crippen LogP contribution in [-0.2, 0) is 4.79 Å². The predicted octanol–water partition coefficient (Wildman–Crippen LogP) is 0.598. The van der Waals surface area contributed by atoms with Crippen molar-refractivity contribution in [2.75, 3.05) is 6.61 Å². The fourth-order valence-corrected chi connectivity index (χ4v) is 1.49. The Morgan fingerprint density at radius 3 is 2.33 bits per heavy atom. The predicted molar refractivity (Wildman–Crippen MR) is 54.5 cm³/mol. The molecule has 0 heterocycles. The molecule has 3 N–H and O–H groups in total. The highest BCUT2D eigenvalue weighted by Gasteiger charge is 2.27. The molecule has 0 aliphatic carbocycles. The van der Waals surface area contributed by atoms with Crippen LogP contribution in [0.5, 0.6) is 0 Å². The highest BCUT2D eigenvalue weighted by atomic mass is 16.4. The van der Waals surface area contributed by atoms with Crippen LogP contribution in [0, 0.1) is 0 Å². The van der Waals surface area contributed by atoms with E-state index in [2.05, 4.69) is 0 Å². The number of carbonyl (C=O) groups is 1. The number of aliphatic carboxylic acids is 1. The molecule has 0 saturated carbocycles. The summed E-state index contributed by atoms with van der Waals surface area (Å²) in [5, 5.41) is 27.2. The minimum Gasteiger partial charge on any atom is -0.481 e. The molecule has 15 heavy (non-hydrogen) atoms. The molecule has 0 aliphatic heterocycles. The van der Waals surface area contributed by atoms with Gasteiger partial charge >= 0.3 is 5.97 Å². The van der Waals surface area contributed by atoms with Gasteiger partial charge in [0, 0.05) is 6.61 Å². The largest absolute Gasteiger partial charge is 0.481 e. The quantitative estimate of drug-likeness (QED) is 0.665. The Hall–Kier alpha value is -1.39. The summed E-state index contributed by atoms with van der Waals surface area (Å²) in [5.41, 5.74) is 0.547. The molecule has 1 rings (SSSR count). The molecule has 1 aromatic rings. The number of hydrogen-bond acceptors (Lipinski definition) is 3. The summed E-state index contributed by atoms with van der Waals surface area (Å²) in [6.45, 7) is -0.224. The number of aliphatic hydroxyl groups is 2. The molecule has 4 heteroatoms. The molecule has 0 saturated heterocycles. The van der Waals surface area contributed by atoms with E-state index in [1.165, 1.54) is 0 Å². The van der Waals surface area contributed by atoms with Gasteiger partial charge in [-0.2, -0.15) is 0 Å². The van der Waals surface area contributed by atoms with Crippen LogP contribution in [0.25, 0.3) is 0 Å². The zero-order chi connectivity index (χ0) is 11.3. The Morgan fingerprint density at radius 1 is 1.27 bits per heavy atom. The van der Waals surface area contributed by atoms with Crippen molar-refractivity contribution in [1.29, 1.82) is 0 Å². The molecule has 82 valence electrons. The molecular weight excluding hydrogens is 196 g/mol. The molecule has 0 aromatic heterocycles. The Balaban J connectivity index is 2.88. The molecule has 0 radical (unpaired) electrons. The third-order valence-corrected chi connectivity index (χ3v) is 2.23. The van der Waals surface area contributed by atoms with Crippen LogP contribution in [0.4, 0.5) is 0 Å². The van der Waals surface area contributed by atoms with Crippen LogP contribution in [-0.4, -0.2) is 34.0 Å². The Labute approximate surface area is 87.8 Å². The van der Waals surface area contributed by atoms with Crippen molar-refractivity contribution in [2.24, 2.45) is 0 Å². The van der Waals surface area contributed by atoms with E-state index in [0.717, 1.165) is 0 Å². The van der Waals surface area contributed by atoms with Gasteiger partial charge in [0.15, 0.2) is 0 Å². The van der Waals surface area contributed by atoms with Crippen molar-refractivity contribution in [3.8, 4) is 0 Å². The molecular formula is C11H14O4. The van der Waals surface area contributed by atoms with Crippen molar-refractivity contribution in [1.82, 2.24) is 0 Å². The van der Waals surface area contributed by atoms with Gasteiger partial charge in [0.1, 0.15) is 5.92 Å². The topological polar surface area (TPSA) is 77.8 Å². The number of benzene rings is 1. The van der Waals surface area contributed by atoms with E-state index >= 15 is 0 Å². The zero-order valence-electron chi connectivity index (χ0n) is 8.21. The van der Waals surface area contributed by atoms with Gasteiger partial charge in [-0.1, -0.05) is 30.3 Å². The van der Waals surface area contributed by atoms with Crippen LogP contribution in [0.3, 0.4) is 0 Å². The lowest BCUT2D eigenvalue weighted by Gasteiger charge is -2.18. The van der Waals surface area contributed by atoms with Crippen molar-refractivity contribution < 1.29 is 20.1 Å². The van der Waals surface area contributed by atoms with Crippen molar-refractivity contribution in [3.63, 3.8) is 0 Å². The van der Waals surface area contributed by atoms with E-state index in [0.29, 0.717) is 5.56 Å². The van der Waals surface area contributed by atoms with E-state index in [-0.39, 0.29) is 13.0 Å². The van der Waals surface area contributed by atoms with Gasteiger partial charge in [0.2, 0.25) is 0 Å². The third-order valence-electron chi connectivity index (χ3n) is 2.23. The van der Waals surface area contributed by atoms with E-state index in [4.69, 9.17) is 10.2 Å². The molecule has 1 aromatic carbocycles. The summed E-state index contributed by atoms with van der Waals surface area (Å²) in [5.74, 6) is -2.06. The Kier molecular flexibility index (Phi) is 4.27. The Bertz CT molecular complexity index is 310. The molecule has 2 atom stereocenters. The zero-order valence-corrected chi connectivity index (χ0v) is 8.21. The van der Waals surface area contributed by atoms with Crippen LogP contribution in [0.1, 0.15) is 17.9 Å². The van der Waals surface area contributed by atoms with E-state index in [9.17, 15) is 9.90 Å². The molecule has 4 nitrogen and oxygen atoms in total. The number of hydrogen-bond donors (Lipinski definition) is 3. The van der Waals surface area contributed by atoms with Crippen molar-refractivity contribution in [2.45, 2.75) is 18.4 Å². The smallest absolute Gasteiger partial charge is 0.313 e. The summed E-state index contributed by atoms with van der Waals surface area (Å²) in [4.78, 5) is 11.0. The number of carboxylic acids is 1. The van der Waals surface area contributed by atoms with Gasteiger partial charge in [-0.05, 0) is 12.0 Å². The first kappa shape index (κ1) is 11.7. The minimum atomic E-state index is -1.08. The fourth-order valence-electron chi connectivity index (χ4n) is 1.49. The standard InChI is InChI=1S/C11H14O4/c12-7-6-9(13)10(11(14)15)8-4-2-1-3-5-8/h1-5,9-10,12-13H,6-7H2,(H,14,15). The van der Waals surface area contributed by atoms with Crippen molar-refractivity contribution >= 4 is 5.97 Å². The molecule has 2 unspecified atom stereocenters. The second-order valence-corrected chi connectivity index (χ2v) is 3.31. The maximum Gasteiger partial charge on any atom is 0.313 e. The average molecular weight is 210 g/mol. The maximum absolute atomic E-state index is 11.0. The molecule has 0 fully saturated rings. The van der Waals surface area contributed by atoms with E-state index in [1.807, 2.05) is 0 Å². The lowest BCUT2D eigenvalue weighted by molar-refractivity contribution is -0.141. The van der Waals surface area contributed by atoms with Crippen LogP contribution in [0.2, 0.25) is 0 Å². The van der Waals surface area contributed by atoms with E-state index in [1.54, 1.807) is 30.3 Å². The summed E-state index contributed by atoms with van der Waals surface area (Å²) >= 11 is 0. The van der Waals surface area contributed by atoms with Gasteiger partial charge in [-0.15, -0.1) is 0 Å². The summed E-state index contributed by atoms with van der Waals surface area (Å²) in [6.07, 6.45) is -0.999. The lowest BCUT2D eigenvalue weighted by atomic mass is 9.92. The summed E-state index contributed by atoms with van der Waals surface area (Å²) in [6, 6.07) is 8.52. The molecule has 0 spiro atoms. The van der Waals surface area contributed by atoms with Crippen LogP contribution < -0.4 is 0 Å². The monoisotopic (exact) mass is 210 g/mol. The first-order valence-corrected chi connectivity index (χ1v) is 4.73. The normalized spacial score (nSPS) is 14.5. The highest BCUT2D eigenvalue weighted by Crippen LogP contribution is 2.21. The second-order valence-electron chi connectivity index (χ2n) is 3.31. The van der Waals surface area contributed by atoms with Crippen molar-refractivity contribution in [3.05, 3.63) is 35.9 Å². The Morgan fingerprint density at radius 2 is 1.87 bits per heavy atom. The van der Waals surface area contributed by atoms with E-state index < -0.39 is 18.0 Å². The third kappa shape index (κ3) is 3.04. The number of rotatable bonds is 5. The van der Waals surface area contributed by atoms with Gasteiger partial charge < -0.3 is 15.3 Å². The fraction of sp³-hybridized carbons (Fsp3) is 0.364. The van der Waals surface area contributed by atoms with Gasteiger partial charge in [0.25, 0.3) is 0 Å². The first-order chi connectivity index (χ1) is 7.16. The average Bonchev–Trinajstić information content (AvgIpc) is 2.19. The van der Waals surface area contributed by atoms with Gasteiger partial charge in [-0.25, -0.2) is 0 Å². The molecule has 0 amide bonds. The van der Waals surface area contributed by atoms with Gasteiger partial charge in [0.05, 0.1) is 6.10 Å². The lowest BCUT2D eigenvalue weighted by Crippen LogP contribution is -2.26. The SMILES string of the molecule is O=C(O)C(c1ccccc1)C(O)CCO. The minimum absolute atomic E-state index is 0.0614. The first-order valence-electron chi connectivity index (χ1n) is 4.73. The summed E-state index contributed by atoms with van der Waals surface area (Å²) in [7, 11) is 0. The molecule has 0 bridgehead atoms.